The van der Waals surface area contributed by atoms with Crippen LogP contribution in [0, 0.1) is 5.92 Å². The number of sulfonamides is 1. The van der Waals surface area contributed by atoms with Crippen LogP contribution in [0.3, 0.4) is 0 Å². The molecule has 4 nitrogen and oxygen atoms in total. The lowest BCUT2D eigenvalue weighted by molar-refractivity contribution is -0.274. The Kier molecular flexibility index (Phi) is 6.30. The van der Waals surface area contributed by atoms with E-state index < -0.39 is 22.1 Å². The number of benzene rings is 2. The highest BCUT2D eigenvalue weighted by Crippen LogP contribution is 2.37. The fraction of sp³-hybridized carbons (Fsp3) is 0.400. The molecule has 0 aromatic heterocycles. The second kappa shape index (κ2) is 8.53. The van der Waals surface area contributed by atoms with Crippen LogP contribution >= 0.6 is 0 Å². The third-order valence-electron chi connectivity index (χ3n) is 5.04. The van der Waals surface area contributed by atoms with Gasteiger partial charge in [0.1, 0.15) is 5.75 Å². The van der Waals surface area contributed by atoms with Crippen molar-refractivity contribution in [2.24, 2.45) is 5.92 Å². The summed E-state index contributed by atoms with van der Waals surface area (Å²) in [6.07, 6.45) is -0.699. The van der Waals surface area contributed by atoms with E-state index in [0.717, 1.165) is 49.9 Å². The highest BCUT2D eigenvalue weighted by atomic mass is 32.2. The van der Waals surface area contributed by atoms with E-state index in [9.17, 15) is 21.6 Å². The van der Waals surface area contributed by atoms with Gasteiger partial charge < -0.3 is 4.74 Å². The molecule has 0 spiro atoms. The number of nitrogens with one attached hydrogen (secondary N) is 1. The van der Waals surface area contributed by atoms with Gasteiger partial charge in [-0.15, -0.1) is 13.2 Å². The molecule has 0 radical (unpaired) electrons. The molecule has 1 aliphatic rings. The van der Waals surface area contributed by atoms with Crippen LogP contribution in [0.4, 0.5) is 13.2 Å². The Balaban J connectivity index is 1.66. The van der Waals surface area contributed by atoms with Crippen molar-refractivity contribution in [1.82, 2.24) is 4.72 Å². The average molecular weight is 413 g/mol. The highest BCUT2D eigenvalue weighted by Gasteiger charge is 2.31. The van der Waals surface area contributed by atoms with Gasteiger partial charge in [0.05, 0.1) is 4.90 Å². The molecule has 0 saturated heterocycles. The summed E-state index contributed by atoms with van der Waals surface area (Å²) in [5.74, 6) is 0.0156. The standard InChI is InChI=1S/C20H22F3NO3S/c21-20(22,23)27-17-10-12-18(13-11-17)28(25,26)24-14-16-8-4-5-9-19(16)15-6-2-1-3-7-15/h1-3,6-7,10-13,16,19,24H,4-5,8-9,14H2/t16-,19-/m1/s1. The van der Waals surface area contributed by atoms with E-state index in [-0.39, 0.29) is 10.8 Å². The maximum Gasteiger partial charge on any atom is 0.573 e. The molecule has 0 heterocycles. The summed E-state index contributed by atoms with van der Waals surface area (Å²) in [4.78, 5) is -0.0888. The molecular weight excluding hydrogens is 391 g/mol. The monoisotopic (exact) mass is 413 g/mol. The van der Waals surface area contributed by atoms with Gasteiger partial charge in [0.15, 0.2) is 0 Å². The number of hydrogen-bond donors (Lipinski definition) is 1. The summed E-state index contributed by atoms with van der Waals surface area (Å²) < 4.78 is 68.2. The lowest BCUT2D eigenvalue weighted by Gasteiger charge is -2.32. The Labute approximate surface area is 162 Å². The number of halogens is 3. The zero-order valence-electron chi connectivity index (χ0n) is 15.2. The van der Waals surface area contributed by atoms with Crippen LogP contribution in [0.2, 0.25) is 0 Å². The molecule has 1 saturated carbocycles. The fourth-order valence-electron chi connectivity index (χ4n) is 3.71. The van der Waals surface area contributed by atoms with E-state index >= 15 is 0 Å². The zero-order valence-corrected chi connectivity index (χ0v) is 16.0. The van der Waals surface area contributed by atoms with E-state index in [1.54, 1.807) is 0 Å². The van der Waals surface area contributed by atoms with E-state index in [4.69, 9.17) is 0 Å². The van der Waals surface area contributed by atoms with Crippen LogP contribution in [-0.4, -0.2) is 21.3 Å². The number of hydrogen-bond acceptors (Lipinski definition) is 3. The van der Waals surface area contributed by atoms with Crippen molar-refractivity contribution in [2.45, 2.75) is 42.9 Å². The van der Waals surface area contributed by atoms with Gasteiger partial charge in [-0.1, -0.05) is 43.2 Å². The van der Waals surface area contributed by atoms with Gasteiger partial charge in [0.2, 0.25) is 10.0 Å². The zero-order chi connectivity index (χ0) is 20.2. The van der Waals surface area contributed by atoms with Crippen molar-refractivity contribution >= 4 is 10.0 Å². The van der Waals surface area contributed by atoms with Gasteiger partial charge in [0.25, 0.3) is 0 Å². The second-order valence-corrected chi connectivity index (χ2v) is 8.70. The van der Waals surface area contributed by atoms with E-state index in [2.05, 4.69) is 21.6 Å². The average Bonchev–Trinajstić information content (AvgIpc) is 2.66. The SMILES string of the molecule is O=S(=O)(NC[C@H]1CCCC[C@@H]1c1ccccc1)c1ccc(OC(F)(F)F)cc1. The fourth-order valence-corrected chi connectivity index (χ4v) is 4.81. The van der Waals surface area contributed by atoms with Crippen LogP contribution in [0.1, 0.15) is 37.2 Å². The molecule has 8 heteroatoms. The van der Waals surface area contributed by atoms with Crippen molar-refractivity contribution in [2.75, 3.05) is 6.54 Å². The summed E-state index contributed by atoms with van der Waals surface area (Å²) in [5.41, 5.74) is 1.21. The van der Waals surface area contributed by atoms with Gasteiger partial charge >= 0.3 is 6.36 Å². The largest absolute Gasteiger partial charge is 0.573 e. The first kappa shape index (κ1) is 20.7. The van der Waals surface area contributed by atoms with Crippen LogP contribution in [0.15, 0.2) is 59.5 Å². The summed E-state index contributed by atoms with van der Waals surface area (Å²) in [7, 11) is -3.81. The Hall–Kier alpha value is -2.06. The minimum Gasteiger partial charge on any atom is -0.406 e. The minimum absolute atomic E-state index is 0.0888. The Morgan fingerprint density at radius 3 is 2.25 bits per heavy atom. The Morgan fingerprint density at radius 1 is 0.964 bits per heavy atom. The molecule has 3 rings (SSSR count). The maximum absolute atomic E-state index is 12.5. The molecule has 1 N–H and O–H groups in total. The quantitative estimate of drug-likeness (QED) is 0.738. The summed E-state index contributed by atoms with van der Waals surface area (Å²) >= 11 is 0. The van der Waals surface area contributed by atoms with Gasteiger partial charge in [-0.05, 0) is 54.5 Å². The van der Waals surface area contributed by atoms with E-state index in [1.807, 2.05) is 18.2 Å². The Morgan fingerprint density at radius 2 is 1.61 bits per heavy atom. The summed E-state index contributed by atoms with van der Waals surface area (Å²) in [6, 6.07) is 14.3. The normalized spacial score (nSPS) is 20.7. The molecule has 28 heavy (non-hydrogen) atoms. The van der Waals surface area contributed by atoms with Crippen molar-refractivity contribution in [1.29, 1.82) is 0 Å². The first-order chi connectivity index (χ1) is 13.2. The van der Waals surface area contributed by atoms with Gasteiger partial charge in [-0.3, -0.25) is 0 Å². The van der Waals surface area contributed by atoms with Crippen molar-refractivity contribution in [3.63, 3.8) is 0 Å². The first-order valence-electron chi connectivity index (χ1n) is 9.15. The number of alkyl halides is 3. The molecule has 2 aromatic carbocycles. The van der Waals surface area contributed by atoms with Crippen molar-refractivity contribution in [3.05, 3.63) is 60.2 Å². The van der Waals surface area contributed by atoms with Gasteiger partial charge in [0, 0.05) is 6.54 Å². The number of rotatable bonds is 6. The molecule has 0 aliphatic heterocycles. The smallest absolute Gasteiger partial charge is 0.406 e. The van der Waals surface area contributed by atoms with E-state index in [0.29, 0.717) is 12.5 Å². The topological polar surface area (TPSA) is 55.4 Å². The minimum atomic E-state index is -4.81. The summed E-state index contributed by atoms with van der Waals surface area (Å²) in [5, 5.41) is 0. The predicted octanol–water partition coefficient (Wildman–Crippen LogP) is 4.84. The molecule has 1 fully saturated rings. The highest BCUT2D eigenvalue weighted by molar-refractivity contribution is 7.89. The van der Waals surface area contributed by atoms with Crippen LogP contribution in [-0.2, 0) is 10.0 Å². The molecule has 0 amide bonds. The second-order valence-electron chi connectivity index (χ2n) is 6.93. The molecule has 1 aliphatic carbocycles. The van der Waals surface area contributed by atoms with Gasteiger partial charge in [-0.25, -0.2) is 13.1 Å². The lowest BCUT2D eigenvalue weighted by Crippen LogP contribution is -2.33. The van der Waals surface area contributed by atoms with Crippen LogP contribution in [0.5, 0.6) is 5.75 Å². The first-order valence-corrected chi connectivity index (χ1v) is 10.6. The van der Waals surface area contributed by atoms with Crippen molar-refractivity contribution in [3.8, 4) is 5.75 Å². The molecule has 0 bridgehead atoms. The lowest BCUT2D eigenvalue weighted by atomic mass is 9.75. The maximum atomic E-state index is 12.5. The number of ether oxygens (including phenoxy) is 1. The molecule has 2 atom stereocenters. The van der Waals surface area contributed by atoms with Crippen LogP contribution in [0.25, 0.3) is 0 Å². The molecule has 2 aromatic rings. The third-order valence-corrected chi connectivity index (χ3v) is 6.48. The Bertz CT molecular complexity index is 868. The predicted molar refractivity (Wildman–Crippen MR) is 99.5 cm³/mol. The summed E-state index contributed by atoms with van der Waals surface area (Å²) in [6.45, 7) is 0.294. The van der Waals surface area contributed by atoms with Crippen LogP contribution < -0.4 is 9.46 Å². The van der Waals surface area contributed by atoms with Gasteiger partial charge in [-0.2, -0.15) is 0 Å². The molecule has 152 valence electrons. The molecular formula is C20H22F3NO3S. The molecule has 0 unspecified atom stereocenters. The van der Waals surface area contributed by atoms with Crippen molar-refractivity contribution < 1.29 is 26.3 Å². The van der Waals surface area contributed by atoms with E-state index in [1.165, 1.54) is 5.56 Å². The third kappa shape index (κ3) is 5.48.